The molecule has 7 heteroatoms. The van der Waals surface area contributed by atoms with E-state index >= 15 is 0 Å². The maximum Gasteiger partial charge on any atom is 0.371 e. The summed E-state index contributed by atoms with van der Waals surface area (Å²) in [6, 6.07) is 2.27. The third-order valence-electron chi connectivity index (χ3n) is 3.29. The van der Waals surface area contributed by atoms with Crippen molar-refractivity contribution in [1.29, 1.82) is 0 Å². The van der Waals surface area contributed by atoms with Crippen LogP contribution in [0.1, 0.15) is 30.8 Å². The first kappa shape index (κ1) is 13.1. The topological polar surface area (TPSA) is 96.6 Å². The summed E-state index contributed by atoms with van der Waals surface area (Å²) in [6.07, 6.45) is 0.980. The van der Waals surface area contributed by atoms with Gasteiger partial charge in [-0.3, -0.25) is 0 Å². The van der Waals surface area contributed by atoms with Gasteiger partial charge in [-0.05, 0) is 29.9 Å². The van der Waals surface area contributed by atoms with E-state index in [0.717, 1.165) is 18.6 Å². The summed E-state index contributed by atoms with van der Waals surface area (Å²) < 4.78 is 30.8. The highest BCUT2D eigenvalue weighted by molar-refractivity contribution is 7.89. The molecule has 100 valence electrons. The van der Waals surface area contributed by atoms with Gasteiger partial charge < -0.3 is 9.52 Å². The standard InChI is InChI=1S/C11H15NO5S/c1-11(2)5-7(11)6-12-18(15,16)9-4-3-8(17-9)10(13)14/h3-4,7,12H,5-6H2,1-2H3,(H,13,14). The quantitative estimate of drug-likeness (QED) is 0.843. The lowest BCUT2D eigenvalue weighted by Gasteiger charge is -2.05. The summed E-state index contributed by atoms with van der Waals surface area (Å²) in [5, 5.41) is 8.29. The second-order valence-electron chi connectivity index (χ2n) is 5.17. The Labute approximate surface area is 105 Å². The molecule has 0 spiro atoms. The van der Waals surface area contributed by atoms with Gasteiger partial charge in [0.25, 0.3) is 10.0 Å². The predicted molar refractivity (Wildman–Crippen MR) is 62.7 cm³/mol. The minimum Gasteiger partial charge on any atom is -0.475 e. The number of furan rings is 1. The summed E-state index contributed by atoms with van der Waals surface area (Å²) in [5.41, 5.74) is 0.178. The Hall–Kier alpha value is -1.34. The largest absolute Gasteiger partial charge is 0.475 e. The Morgan fingerprint density at radius 3 is 2.61 bits per heavy atom. The van der Waals surface area contributed by atoms with Crippen molar-refractivity contribution in [3.8, 4) is 0 Å². The molecule has 0 amide bonds. The van der Waals surface area contributed by atoms with Crippen LogP contribution in [-0.4, -0.2) is 26.0 Å². The zero-order valence-electron chi connectivity index (χ0n) is 10.1. The Kier molecular flexibility index (Phi) is 2.98. The second-order valence-corrected chi connectivity index (χ2v) is 6.86. The van der Waals surface area contributed by atoms with Gasteiger partial charge in [-0.2, -0.15) is 0 Å². The number of aromatic carboxylic acids is 1. The molecule has 2 rings (SSSR count). The van der Waals surface area contributed by atoms with Gasteiger partial charge in [0, 0.05) is 6.54 Å². The lowest BCUT2D eigenvalue weighted by Crippen LogP contribution is -2.26. The summed E-state index contributed by atoms with van der Waals surface area (Å²) in [4.78, 5) is 10.6. The minimum atomic E-state index is -3.76. The zero-order chi connectivity index (χ0) is 13.6. The summed E-state index contributed by atoms with van der Waals surface area (Å²) >= 11 is 0. The first-order chi connectivity index (χ1) is 8.22. The fourth-order valence-corrected chi connectivity index (χ4v) is 2.80. The van der Waals surface area contributed by atoms with Gasteiger partial charge in [0.15, 0.2) is 0 Å². The fraction of sp³-hybridized carbons (Fsp3) is 0.545. The van der Waals surface area contributed by atoms with Gasteiger partial charge in [0.1, 0.15) is 0 Å². The number of carboxylic acid groups (broad SMARTS) is 1. The van der Waals surface area contributed by atoms with Crippen LogP contribution in [0.5, 0.6) is 0 Å². The lowest BCUT2D eigenvalue weighted by molar-refractivity contribution is 0.0656. The molecule has 6 nitrogen and oxygen atoms in total. The highest BCUT2D eigenvalue weighted by atomic mass is 32.2. The molecule has 1 aromatic heterocycles. The number of carbonyl (C=O) groups is 1. The number of hydrogen-bond acceptors (Lipinski definition) is 4. The third kappa shape index (κ3) is 2.56. The van der Waals surface area contributed by atoms with E-state index in [2.05, 4.69) is 18.6 Å². The normalized spacial score (nSPS) is 21.8. The Balaban J connectivity index is 2.04. The van der Waals surface area contributed by atoms with E-state index in [1.807, 2.05) is 0 Å². The molecule has 1 heterocycles. The maximum absolute atomic E-state index is 11.8. The van der Waals surface area contributed by atoms with Crippen LogP contribution in [0.2, 0.25) is 0 Å². The molecule has 0 aliphatic heterocycles. The van der Waals surface area contributed by atoms with Crippen molar-refractivity contribution in [2.24, 2.45) is 11.3 Å². The predicted octanol–water partition coefficient (Wildman–Crippen LogP) is 1.30. The highest BCUT2D eigenvalue weighted by Gasteiger charge is 2.45. The molecular weight excluding hydrogens is 258 g/mol. The molecule has 0 radical (unpaired) electrons. The number of hydrogen-bond donors (Lipinski definition) is 2. The fourth-order valence-electron chi connectivity index (χ4n) is 1.79. The average Bonchev–Trinajstić information content (AvgIpc) is 2.68. The minimum absolute atomic E-state index is 0.178. The molecule has 1 saturated carbocycles. The van der Waals surface area contributed by atoms with E-state index in [1.165, 1.54) is 0 Å². The SMILES string of the molecule is CC1(C)CC1CNS(=O)(=O)c1ccc(C(=O)O)o1. The number of nitrogens with one attached hydrogen (secondary N) is 1. The summed E-state index contributed by atoms with van der Waals surface area (Å²) in [7, 11) is -3.76. The van der Waals surface area contributed by atoms with Crippen LogP contribution in [-0.2, 0) is 10.0 Å². The molecule has 1 fully saturated rings. The monoisotopic (exact) mass is 273 g/mol. The number of sulfonamides is 1. The molecule has 0 saturated heterocycles. The van der Waals surface area contributed by atoms with Crippen LogP contribution >= 0.6 is 0 Å². The van der Waals surface area contributed by atoms with Crippen molar-refractivity contribution in [3.63, 3.8) is 0 Å². The van der Waals surface area contributed by atoms with Gasteiger partial charge in [-0.15, -0.1) is 0 Å². The number of rotatable bonds is 5. The zero-order valence-corrected chi connectivity index (χ0v) is 11.0. The van der Waals surface area contributed by atoms with Crippen molar-refractivity contribution < 1.29 is 22.7 Å². The summed E-state index contributed by atoms with van der Waals surface area (Å²) in [5.74, 6) is -1.36. The molecule has 18 heavy (non-hydrogen) atoms. The molecule has 1 atom stereocenters. The molecule has 2 N–H and O–H groups in total. The molecule has 1 aliphatic carbocycles. The first-order valence-corrected chi connectivity index (χ1v) is 7.03. The highest BCUT2D eigenvalue weighted by Crippen LogP contribution is 2.51. The van der Waals surface area contributed by atoms with Gasteiger partial charge in [0.2, 0.25) is 10.9 Å². The number of carboxylic acids is 1. The van der Waals surface area contributed by atoms with Crippen molar-refractivity contribution in [2.75, 3.05) is 6.54 Å². The molecule has 0 aromatic carbocycles. The molecule has 0 bridgehead atoms. The van der Waals surface area contributed by atoms with E-state index in [9.17, 15) is 13.2 Å². The van der Waals surface area contributed by atoms with E-state index in [0.29, 0.717) is 12.5 Å². The van der Waals surface area contributed by atoms with Gasteiger partial charge in [-0.1, -0.05) is 13.8 Å². The first-order valence-electron chi connectivity index (χ1n) is 5.55. The average molecular weight is 273 g/mol. The van der Waals surface area contributed by atoms with Crippen molar-refractivity contribution >= 4 is 16.0 Å². The third-order valence-corrected chi connectivity index (χ3v) is 4.59. The van der Waals surface area contributed by atoms with Crippen molar-refractivity contribution in [1.82, 2.24) is 4.72 Å². The van der Waals surface area contributed by atoms with E-state index in [-0.39, 0.29) is 16.3 Å². The van der Waals surface area contributed by atoms with E-state index < -0.39 is 16.0 Å². The summed E-state index contributed by atoms with van der Waals surface area (Å²) in [6.45, 7) is 4.49. The van der Waals surface area contributed by atoms with Crippen molar-refractivity contribution in [2.45, 2.75) is 25.4 Å². The molecule has 1 aliphatic rings. The van der Waals surface area contributed by atoms with Crippen LogP contribution in [0.3, 0.4) is 0 Å². The van der Waals surface area contributed by atoms with Gasteiger partial charge >= 0.3 is 5.97 Å². The Bertz CT molecular complexity index is 572. The van der Waals surface area contributed by atoms with Crippen LogP contribution in [0.4, 0.5) is 0 Å². The smallest absolute Gasteiger partial charge is 0.371 e. The van der Waals surface area contributed by atoms with E-state index in [4.69, 9.17) is 9.52 Å². The lowest BCUT2D eigenvalue weighted by atomic mass is 10.1. The van der Waals surface area contributed by atoms with E-state index in [1.54, 1.807) is 0 Å². The van der Waals surface area contributed by atoms with Gasteiger partial charge in [0.05, 0.1) is 0 Å². The van der Waals surface area contributed by atoms with Crippen molar-refractivity contribution in [3.05, 3.63) is 17.9 Å². The van der Waals surface area contributed by atoms with Crippen LogP contribution < -0.4 is 4.72 Å². The molecule has 1 unspecified atom stereocenters. The van der Waals surface area contributed by atoms with Gasteiger partial charge in [-0.25, -0.2) is 17.9 Å². The Morgan fingerprint density at radius 1 is 1.56 bits per heavy atom. The second kappa shape index (κ2) is 4.10. The Morgan fingerprint density at radius 2 is 2.17 bits per heavy atom. The maximum atomic E-state index is 11.8. The van der Waals surface area contributed by atoms with Crippen LogP contribution in [0, 0.1) is 11.3 Å². The van der Waals surface area contributed by atoms with Crippen LogP contribution in [0.25, 0.3) is 0 Å². The molecular formula is C11H15NO5S. The van der Waals surface area contributed by atoms with Crippen LogP contribution in [0.15, 0.2) is 21.6 Å². The molecule has 1 aromatic rings.